The number of rotatable bonds is 6. The summed E-state index contributed by atoms with van der Waals surface area (Å²) >= 11 is 5.90. The number of hydrogen-bond donors (Lipinski definition) is 2. The molecule has 0 saturated heterocycles. The first kappa shape index (κ1) is 13.5. The lowest BCUT2D eigenvalue weighted by atomic mass is 10.0. The Morgan fingerprint density at radius 3 is 2.69 bits per heavy atom. The summed E-state index contributed by atoms with van der Waals surface area (Å²) in [6.07, 6.45) is 0.983. The van der Waals surface area contributed by atoms with Crippen LogP contribution in [-0.4, -0.2) is 17.8 Å². The Kier molecular flexibility index (Phi) is 5.81. The monoisotopic (exact) mass is 241 g/mol. The van der Waals surface area contributed by atoms with E-state index in [1.54, 1.807) is 0 Å². The molecule has 0 amide bonds. The van der Waals surface area contributed by atoms with Crippen LogP contribution >= 0.6 is 11.6 Å². The van der Waals surface area contributed by atoms with Crippen LogP contribution in [0.3, 0.4) is 0 Å². The van der Waals surface area contributed by atoms with Crippen LogP contribution < -0.4 is 5.32 Å². The summed E-state index contributed by atoms with van der Waals surface area (Å²) in [6.45, 7) is 5.24. The van der Waals surface area contributed by atoms with Crippen LogP contribution in [0.5, 0.6) is 0 Å². The van der Waals surface area contributed by atoms with E-state index in [4.69, 9.17) is 11.6 Å². The highest BCUT2D eigenvalue weighted by Gasteiger charge is 2.08. The highest BCUT2D eigenvalue weighted by Crippen LogP contribution is 2.11. The van der Waals surface area contributed by atoms with Crippen molar-refractivity contribution in [1.82, 2.24) is 5.32 Å². The minimum atomic E-state index is 0.166. The third kappa shape index (κ3) is 4.97. The first-order valence-electron chi connectivity index (χ1n) is 5.70. The average Bonchev–Trinajstić information content (AvgIpc) is 2.24. The molecule has 1 atom stereocenters. The normalized spacial score (nSPS) is 13.1. The standard InChI is InChI=1S/C13H20ClNO/c1-10(2)6-13(9-16)15-8-11-4-3-5-12(14)7-11/h3-5,7,10,13,15-16H,6,8-9H2,1-2H3. The van der Waals surface area contributed by atoms with Crippen LogP contribution in [0.1, 0.15) is 25.8 Å². The van der Waals surface area contributed by atoms with Crippen molar-refractivity contribution in [2.45, 2.75) is 32.9 Å². The van der Waals surface area contributed by atoms with Gasteiger partial charge in [-0.1, -0.05) is 37.6 Å². The Morgan fingerprint density at radius 1 is 1.38 bits per heavy atom. The van der Waals surface area contributed by atoms with E-state index in [-0.39, 0.29) is 12.6 Å². The maximum absolute atomic E-state index is 9.22. The Labute approximate surface area is 103 Å². The van der Waals surface area contributed by atoms with Gasteiger partial charge in [0.25, 0.3) is 0 Å². The average molecular weight is 242 g/mol. The molecule has 0 radical (unpaired) electrons. The molecule has 0 saturated carbocycles. The minimum absolute atomic E-state index is 0.166. The number of hydrogen-bond acceptors (Lipinski definition) is 2. The fraction of sp³-hybridized carbons (Fsp3) is 0.538. The molecule has 2 nitrogen and oxygen atoms in total. The molecule has 2 N–H and O–H groups in total. The maximum atomic E-state index is 9.22. The predicted molar refractivity (Wildman–Crippen MR) is 68.6 cm³/mol. The lowest BCUT2D eigenvalue weighted by Gasteiger charge is -2.18. The molecule has 0 heterocycles. The maximum Gasteiger partial charge on any atom is 0.0584 e. The Hall–Kier alpha value is -0.570. The molecule has 0 aliphatic carbocycles. The van der Waals surface area contributed by atoms with E-state index in [1.165, 1.54) is 0 Å². The van der Waals surface area contributed by atoms with Crippen molar-refractivity contribution in [2.24, 2.45) is 5.92 Å². The molecule has 0 fully saturated rings. The largest absolute Gasteiger partial charge is 0.395 e. The van der Waals surface area contributed by atoms with E-state index in [9.17, 15) is 5.11 Å². The molecule has 1 aromatic rings. The first-order chi connectivity index (χ1) is 7.61. The fourth-order valence-electron chi connectivity index (χ4n) is 1.70. The van der Waals surface area contributed by atoms with Gasteiger partial charge in [0.05, 0.1) is 6.61 Å². The molecule has 90 valence electrons. The van der Waals surface area contributed by atoms with Crippen LogP contribution in [0, 0.1) is 5.92 Å². The third-order valence-corrected chi connectivity index (χ3v) is 2.70. The molecular formula is C13H20ClNO. The number of nitrogens with one attached hydrogen (secondary N) is 1. The molecule has 3 heteroatoms. The van der Waals surface area contributed by atoms with Gasteiger partial charge in [-0.2, -0.15) is 0 Å². The molecule has 1 unspecified atom stereocenters. The van der Waals surface area contributed by atoms with E-state index < -0.39 is 0 Å². The highest BCUT2D eigenvalue weighted by atomic mass is 35.5. The fourth-order valence-corrected chi connectivity index (χ4v) is 1.91. The molecule has 1 rings (SSSR count). The van der Waals surface area contributed by atoms with Gasteiger partial charge in [0.2, 0.25) is 0 Å². The van der Waals surface area contributed by atoms with Crippen LogP contribution in [0.15, 0.2) is 24.3 Å². The predicted octanol–water partition coefficient (Wildman–Crippen LogP) is 2.84. The molecule has 0 spiro atoms. The number of aliphatic hydroxyl groups excluding tert-OH is 1. The lowest BCUT2D eigenvalue weighted by Crippen LogP contribution is -2.33. The lowest BCUT2D eigenvalue weighted by molar-refractivity contribution is 0.223. The summed E-state index contributed by atoms with van der Waals surface area (Å²) in [6, 6.07) is 7.94. The van der Waals surface area contributed by atoms with E-state index in [0.717, 1.165) is 23.6 Å². The second-order valence-corrected chi connectivity index (χ2v) is 4.96. The van der Waals surface area contributed by atoms with Crippen molar-refractivity contribution in [1.29, 1.82) is 0 Å². The van der Waals surface area contributed by atoms with Gasteiger partial charge in [0, 0.05) is 17.6 Å². The molecule has 0 aliphatic heterocycles. The SMILES string of the molecule is CC(C)CC(CO)NCc1cccc(Cl)c1. The molecule has 0 aliphatic rings. The van der Waals surface area contributed by atoms with E-state index in [2.05, 4.69) is 19.2 Å². The van der Waals surface area contributed by atoms with E-state index in [0.29, 0.717) is 5.92 Å². The zero-order valence-electron chi connectivity index (χ0n) is 9.91. The van der Waals surface area contributed by atoms with Crippen LogP contribution in [0.4, 0.5) is 0 Å². The third-order valence-electron chi connectivity index (χ3n) is 2.46. The van der Waals surface area contributed by atoms with Crippen molar-refractivity contribution in [2.75, 3.05) is 6.61 Å². The number of halogens is 1. The summed E-state index contributed by atoms with van der Waals surface area (Å²) in [5, 5.41) is 13.3. The number of aliphatic hydroxyl groups is 1. The second kappa shape index (κ2) is 6.89. The van der Waals surface area contributed by atoms with Crippen LogP contribution in [0.2, 0.25) is 5.02 Å². The van der Waals surface area contributed by atoms with Crippen molar-refractivity contribution in [3.63, 3.8) is 0 Å². The number of benzene rings is 1. The molecule has 0 bridgehead atoms. The van der Waals surface area contributed by atoms with Crippen LogP contribution in [-0.2, 0) is 6.54 Å². The van der Waals surface area contributed by atoms with Gasteiger partial charge in [-0.3, -0.25) is 0 Å². The molecule has 16 heavy (non-hydrogen) atoms. The Morgan fingerprint density at radius 2 is 2.12 bits per heavy atom. The van der Waals surface area contributed by atoms with Crippen molar-refractivity contribution in [3.8, 4) is 0 Å². The molecule has 0 aromatic heterocycles. The summed E-state index contributed by atoms with van der Waals surface area (Å²) in [4.78, 5) is 0. The van der Waals surface area contributed by atoms with Gasteiger partial charge in [0.1, 0.15) is 0 Å². The van der Waals surface area contributed by atoms with Gasteiger partial charge in [-0.15, -0.1) is 0 Å². The van der Waals surface area contributed by atoms with Gasteiger partial charge >= 0.3 is 0 Å². The molecule has 1 aromatic carbocycles. The topological polar surface area (TPSA) is 32.3 Å². The quantitative estimate of drug-likeness (QED) is 0.803. The second-order valence-electron chi connectivity index (χ2n) is 4.52. The van der Waals surface area contributed by atoms with E-state index >= 15 is 0 Å². The van der Waals surface area contributed by atoms with Crippen molar-refractivity contribution in [3.05, 3.63) is 34.9 Å². The zero-order valence-corrected chi connectivity index (χ0v) is 10.7. The summed E-state index contributed by atoms with van der Waals surface area (Å²) < 4.78 is 0. The van der Waals surface area contributed by atoms with Gasteiger partial charge < -0.3 is 10.4 Å². The molecular weight excluding hydrogens is 222 g/mol. The van der Waals surface area contributed by atoms with Gasteiger partial charge in [-0.05, 0) is 30.0 Å². The first-order valence-corrected chi connectivity index (χ1v) is 6.08. The summed E-state index contributed by atoms with van der Waals surface area (Å²) in [5.41, 5.74) is 1.15. The van der Waals surface area contributed by atoms with Crippen molar-refractivity contribution < 1.29 is 5.11 Å². The summed E-state index contributed by atoms with van der Waals surface area (Å²) in [5.74, 6) is 0.587. The smallest absolute Gasteiger partial charge is 0.0584 e. The Bertz CT molecular complexity index is 315. The zero-order chi connectivity index (χ0) is 12.0. The van der Waals surface area contributed by atoms with Crippen LogP contribution in [0.25, 0.3) is 0 Å². The summed E-state index contributed by atoms with van der Waals surface area (Å²) in [7, 11) is 0. The van der Waals surface area contributed by atoms with Crippen molar-refractivity contribution >= 4 is 11.6 Å². The minimum Gasteiger partial charge on any atom is -0.395 e. The van der Waals surface area contributed by atoms with E-state index in [1.807, 2.05) is 24.3 Å². The highest BCUT2D eigenvalue weighted by molar-refractivity contribution is 6.30. The van der Waals surface area contributed by atoms with Gasteiger partial charge in [0.15, 0.2) is 0 Å². The Balaban J connectivity index is 2.43. The van der Waals surface area contributed by atoms with Gasteiger partial charge in [-0.25, -0.2) is 0 Å².